The van der Waals surface area contributed by atoms with E-state index in [9.17, 15) is 4.79 Å². The highest BCUT2D eigenvalue weighted by molar-refractivity contribution is 5.78. The quantitative estimate of drug-likeness (QED) is 0.753. The highest BCUT2D eigenvalue weighted by atomic mass is 16.1. The van der Waals surface area contributed by atoms with Gasteiger partial charge >= 0.3 is 0 Å². The lowest BCUT2D eigenvalue weighted by atomic mass is 9.87. The normalized spacial score (nSPS) is 27.4. The molecule has 0 heterocycles. The highest BCUT2D eigenvalue weighted by Gasteiger charge is 2.19. The van der Waals surface area contributed by atoms with Gasteiger partial charge in [0.2, 0.25) is 5.91 Å². The van der Waals surface area contributed by atoms with Crippen LogP contribution in [-0.2, 0) is 4.79 Å². The van der Waals surface area contributed by atoms with Crippen molar-refractivity contribution in [1.82, 2.24) is 10.6 Å². The molecule has 0 aromatic rings. The molecule has 1 unspecified atom stereocenters. The molecule has 1 aliphatic carbocycles. The molecule has 0 aromatic heterocycles. The number of nitrogens with one attached hydrogen (secondary N) is 2. The molecule has 16 heavy (non-hydrogen) atoms. The number of carbonyl (C=O) groups excluding carboxylic acids is 1. The van der Waals surface area contributed by atoms with Gasteiger partial charge in [0.1, 0.15) is 0 Å². The van der Waals surface area contributed by atoms with E-state index in [0.717, 1.165) is 25.2 Å². The predicted octanol–water partition coefficient (Wildman–Crippen LogP) is 2.07. The summed E-state index contributed by atoms with van der Waals surface area (Å²) in [7, 11) is 0. The van der Waals surface area contributed by atoms with Gasteiger partial charge in [-0.1, -0.05) is 13.8 Å². The second-order valence-electron chi connectivity index (χ2n) is 5.21. The summed E-state index contributed by atoms with van der Waals surface area (Å²) in [4.78, 5) is 11.6. The molecule has 0 aliphatic heterocycles. The molecule has 0 saturated heterocycles. The Morgan fingerprint density at radius 1 is 1.31 bits per heavy atom. The molecular formula is C13H26N2O. The minimum Gasteiger partial charge on any atom is -0.352 e. The monoisotopic (exact) mass is 226 g/mol. The first-order valence-corrected chi connectivity index (χ1v) is 6.64. The summed E-state index contributed by atoms with van der Waals surface area (Å²) in [5.74, 6) is 0.992. The maximum atomic E-state index is 11.6. The van der Waals surface area contributed by atoms with Crippen LogP contribution in [0.15, 0.2) is 0 Å². The van der Waals surface area contributed by atoms with Gasteiger partial charge in [-0.25, -0.2) is 0 Å². The molecule has 0 radical (unpaired) electrons. The molecule has 3 heteroatoms. The first kappa shape index (κ1) is 13.5. The molecule has 1 amide bonds. The van der Waals surface area contributed by atoms with E-state index >= 15 is 0 Å². The van der Waals surface area contributed by atoms with Crippen LogP contribution in [0, 0.1) is 5.92 Å². The SMILES string of the molecule is CCC(C)NCC(=O)NC1CCC(C)CC1. The predicted molar refractivity (Wildman–Crippen MR) is 67.3 cm³/mol. The lowest BCUT2D eigenvalue weighted by molar-refractivity contribution is -0.121. The Morgan fingerprint density at radius 2 is 1.94 bits per heavy atom. The number of amides is 1. The smallest absolute Gasteiger partial charge is 0.234 e. The van der Waals surface area contributed by atoms with E-state index in [0.29, 0.717) is 18.6 Å². The summed E-state index contributed by atoms with van der Waals surface area (Å²) in [6.45, 7) is 6.98. The summed E-state index contributed by atoms with van der Waals surface area (Å²) < 4.78 is 0. The molecule has 1 rings (SSSR count). The maximum Gasteiger partial charge on any atom is 0.234 e. The summed E-state index contributed by atoms with van der Waals surface area (Å²) in [5.41, 5.74) is 0. The second-order valence-corrected chi connectivity index (χ2v) is 5.21. The minimum atomic E-state index is 0.153. The third kappa shape index (κ3) is 4.97. The number of carbonyl (C=O) groups is 1. The maximum absolute atomic E-state index is 11.6. The van der Waals surface area contributed by atoms with E-state index in [1.54, 1.807) is 0 Å². The van der Waals surface area contributed by atoms with E-state index in [1.165, 1.54) is 12.8 Å². The van der Waals surface area contributed by atoms with Crippen molar-refractivity contribution < 1.29 is 4.79 Å². The fraction of sp³-hybridized carbons (Fsp3) is 0.923. The molecule has 0 spiro atoms. The van der Waals surface area contributed by atoms with Crippen LogP contribution < -0.4 is 10.6 Å². The van der Waals surface area contributed by atoms with E-state index in [-0.39, 0.29) is 5.91 Å². The largest absolute Gasteiger partial charge is 0.352 e. The second kappa shape index (κ2) is 6.89. The topological polar surface area (TPSA) is 41.1 Å². The molecule has 1 aliphatic rings. The van der Waals surface area contributed by atoms with Crippen LogP contribution in [0.1, 0.15) is 52.9 Å². The Balaban J connectivity index is 2.14. The van der Waals surface area contributed by atoms with Gasteiger partial charge in [0.25, 0.3) is 0 Å². The Labute approximate surface area is 99.4 Å². The van der Waals surface area contributed by atoms with Crippen molar-refractivity contribution in [3.05, 3.63) is 0 Å². The molecule has 1 atom stereocenters. The van der Waals surface area contributed by atoms with E-state index < -0.39 is 0 Å². The minimum absolute atomic E-state index is 0.153. The fourth-order valence-electron chi connectivity index (χ4n) is 2.09. The number of rotatable bonds is 5. The molecule has 0 bridgehead atoms. The van der Waals surface area contributed by atoms with Gasteiger partial charge in [0.05, 0.1) is 6.54 Å². The van der Waals surface area contributed by atoms with E-state index in [1.807, 2.05) is 0 Å². The summed E-state index contributed by atoms with van der Waals surface area (Å²) in [6.07, 6.45) is 5.87. The molecular weight excluding hydrogens is 200 g/mol. The fourth-order valence-corrected chi connectivity index (χ4v) is 2.09. The number of hydrogen-bond donors (Lipinski definition) is 2. The van der Waals surface area contributed by atoms with E-state index in [2.05, 4.69) is 31.4 Å². The van der Waals surface area contributed by atoms with Gasteiger partial charge in [-0.15, -0.1) is 0 Å². The Hall–Kier alpha value is -0.570. The van der Waals surface area contributed by atoms with Crippen molar-refractivity contribution in [2.45, 2.75) is 65.0 Å². The van der Waals surface area contributed by atoms with Crippen LogP contribution in [0.5, 0.6) is 0 Å². The zero-order valence-corrected chi connectivity index (χ0v) is 10.9. The molecule has 0 aromatic carbocycles. The molecule has 1 fully saturated rings. The average Bonchev–Trinajstić information content (AvgIpc) is 2.29. The van der Waals surface area contributed by atoms with Gasteiger partial charge < -0.3 is 10.6 Å². The first-order valence-electron chi connectivity index (χ1n) is 6.64. The van der Waals surface area contributed by atoms with Crippen LogP contribution in [-0.4, -0.2) is 24.5 Å². The van der Waals surface area contributed by atoms with Gasteiger partial charge in [-0.05, 0) is 44.9 Å². The van der Waals surface area contributed by atoms with Crippen LogP contribution in [0.3, 0.4) is 0 Å². The molecule has 94 valence electrons. The standard InChI is InChI=1S/C13H26N2O/c1-4-11(3)14-9-13(16)15-12-7-5-10(2)6-8-12/h10-12,14H,4-9H2,1-3H3,(H,15,16). The van der Waals surface area contributed by atoms with Crippen molar-refractivity contribution in [2.24, 2.45) is 5.92 Å². The van der Waals surface area contributed by atoms with Gasteiger partial charge in [0, 0.05) is 12.1 Å². The third-order valence-electron chi connectivity index (χ3n) is 3.60. The van der Waals surface area contributed by atoms with E-state index in [4.69, 9.17) is 0 Å². The zero-order valence-electron chi connectivity index (χ0n) is 10.9. The molecule has 1 saturated carbocycles. The van der Waals surface area contributed by atoms with Crippen LogP contribution in [0.25, 0.3) is 0 Å². The number of hydrogen-bond acceptors (Lipinski definition) is 2. The lowest BCUT2D eigenvalue weighted by Crippen LogP contribution is -2.43. The summed E-state index contributed by atoms with van der Waals surface area (Å²) >= 11 is 0. The third-order valence-corrected chi connectivity index (χ3v) is 3.60. The van der Waals surface area contributed by atoms with Crippen molar-refractivity contribution in [3.63, 3.8) is 0 Å². The average molecular weight is 226 g/mol. The zero-order chi connectivity index (χ0) is 12.0. The summed E-state index contributed by atoms with van der Waals surface area (Å²) in [6, 6.07) is 0.847. The van der Waals surface area contributed by atoms with Crippen LogP contribution in [0.4, 0.5) is 0 Å². The van der Waals surface area contributed by atoms with Gasteiger partial charge in [-0.3, -0.25) is 4.79 Å². The van der Waals surface area contributed by atoms with Gasteiger partial charge in [0.15, 0.2) is 0 Å². The molecule has 2 N–H and O–H groups in total. The lowest BCUT2D eigenvalue weighted by Gasteiger charge is -2.27. The molecule has 3 nitrogen and oxygen atoms in total. The highest BCUT2D eigenvalue weighted by Crippen LogP contribution is 2.23. The Kier molecular flexibility index (Phi) is 5.81. The Bertz CT molecular complexity index is 210. The Morgan fingerprint density at radius 3 is 2.50 bits per heavy atom. The van der Waals surface area contributed by atoms with Gasteiger partial charge in [-0.2, -0.15) is 0 Å². The van der Waals surface area contributed by atoms with Crippen molar-refractivity contribution in [1.29, 1.82) is 0 Å². The van der Waals surface area contributed by atoms with Crippen molar-refractivity contribution >= 4 is 5.91 Å². The van der Waals surface area contributed by atoms with Crippen LogP contribution >= 0.6 is 0 Å². The summed E-state index contributed by atoms with van der Waals surface area (Å²) in [5, 5.41) is 6.34. The van der Waals surface area contributed by atoms with Crippen molar-refractivity contribution in [3.8, 4) is 0 Å². The van der Waals surface area contributed by atoms with Crippen LogP contribution in [0.2, 0.25) is 0 Å². The van der Waals surface area contributed by atoms with Crippen molar-refractivity contribution in [2.75, 3.05) is 6.54 Å². The first-order chi connectivity index (χ1) is 7.61.